The molecule has 1 heterocycles. The summed E-state index contributed by atoms with van der Waals surface area (Å²) in [6.07, 6.45) is 0. The second kappa shape index (κ2) is 3.41. The zero-order chi connectivity index (χ0) is 11.0. The van der Waals surface area contributed by atoms with Crippen LogP contribution in [0.25, 0.3) is 10.9 Å². The van der Waals surface area contributed by atoms with E-state index >= 15 is 0 Å². The van der Waals surface area contributed by atoms with Crippen molar-refractivity contribution in [3.05, 3.63) is 44.7 Å². The predicted molar refractivity (Wildman–Crippen MR) is 59.0 cm³/mol. The molecule has 0 aliphatic rings. The van der Waals surface area contributed by atoms with E-state index in [1.807, 2.05) is 6.07 Å². The number of rotatable bonds is 0. The fourth-order valence-electron chi connectivity index (χ4n) is 1.53. The molecule has 74 valence electrons. The molecule has 4 heteroatoms. The summed E-state index contributed by atoms with van der Waals surface area (Å²) in [5, 5.41) is 9.76. The van der Waals surface area contributed by atoms with Gasteiger partial charge in [0.2, 0.25) is 5.43 Å². The molecule has 0 aliphatic heterocycles. The Kier molecular flexibility index (Phi) is 2.22. The van der Waals surface area contributed by atoms with Crippen LogP contribution < -0.4 is 5.43 Å². The van der Waals surface area contributed by atoms with E-state index in [0.29, 0.717) is 21.6 Å². The van der Waals surface area contributed by atoms with Crippen molar-refractivity contribution in [2.45, 2.75) is 6.92 Å². The van der Waals surface area contributed by atoms with Crippen molar-refractivity contribution in [2.75, 3.05) is 0 Å². The van der Waals surface area contributed by atoms with Gasteiger partial charge in [-0.25, -0.2) is 0 Å². The number of nitrogens with zero attached hydrogens (tertiary/aromatic N) is 1. The highest BCUT2D eigenvalue weighted by molar-refractivity contribution is 6.35. The Morgan fingerprint density at radius 2 is 2.20 bits per heavy atom. The third-order valence-electron chi connectivity index (χ3n) is 2.28. The van der Waals surface area contributed by atoms with Gasteiger partial charge in [-0.15, -0.1) is 0 Å². The van der Waals surface area contributed by atoms with E-state index < -0.39 is 0 Å². The summed E-state index contributed by atoms with van der Waals surface area (Å²) in [7, 11) is 0. The van der Waals surface area contributed by atoms with E-state index in [1.165, 1.54) is 0 Å². The summed E-state index contributed by atoms with van der Waals surface area (Å²) >= 11 is 5.94. The molecule has 2 aromatic rings. The van der Waals surface area contributed by atoms with E-state index in [4.69, 9.17) is 16.9 Å². The fourth-order valence-corrected chi connectivity index (χ4v) is 1.75. The van der Waals surface area contributed by atoms with Crippen LogP contribution in [0.15, 0.2) is 23.0 Å². The van der Waals surface area contributed by atoms with Crippen molar-refractivity contribution < 1.29 is 0 Å². The van der Waals surface area contributed by atoms with Gasteiger partial charge in [-0.1, -0.05) is 17.7 Å². The summed E-state index contributed by atoms with van der Waals surface area (Å²) in [4.78, 5) is 14.8. The summed E-state index contributed by atoms with van der Waals surface area (Å²) in [5.41, 5.74) is 1.000. The molecular weight excluding hydrogens is 212 g/mol. The van der Waals surface area contributed by atoms with E-state index in [1.54, 1.807) is 25.1 Å². The number of pyridine rings is 1. The molecule has 0 radical (unpaired) electrons. The molecule has 15 heavy (non-hydrogen) atoms. The van der Waals surface area contributed by atoms with Crippen LogP contribution in [0.3, 0.4) is 0 Å². The first-order valence-electron chi connectivity index (χ1n) is 4.36. The number of aryl methyl sites for hydroxylation is 1. The number of hydrogen-bond acceptors (Lipinski definition) is 2. The number of benzene rings is 1. The van der Waals surface area contributed by atoms with Crippen LogP contribution in [-0.4, -0.2) is 4.98 Å². The number of aromatic amines is 1. The van der Waals surface area contributed by atoms with Gasteiger partial charge in [-0.3, -0.25) is 4.79 Å². The first-order chi connectivity index (χ1) is 7.15. The number of halogens is 1. The van der Waals surface area contributed by atoms with Gasteiger partial charge < -0.3 is 4.98 Å². The summed E-state index contributed by atoms with van der Waals surface area (Å²) < 4.78 is 0. The van der Waals surface area contributed by atoms with Gasteiger partial charge in [0.1, 0.15) is 11.6 Å². The topological polar surface area (TPSA) is 56.6 Å². The average molecular weight is 219 g/mol. The number of hydrogen-bond donors (Lipinski definition) is 1. The Labute approximate surface area is 90.9 Å². The Morgan fingerprint density at radius 3 is 2.87 bits per heavy atom. The lowest BCUT2D eigenvalue weighted by atomic mass is 10.1. The molecule has 0 fully saturated rings. The molecule has 0 aliphatic carbocycles. The molecule has 0 saturated heterocycles. The second-order valence-electron chi connectivity index (χ2n) is 3.23. The molecule has 0 atom stereocenters. The summed E-state index contributed by atoms with van der Waals surface area (Å²) in [6, 6.07) is 6.93. The maximum absolute atomic E-state index is 11.8. The molecule has 0 bridgehead atoms. The molecule has 0 spiro atoms. The highest BCUT2D eigenvalue weighted by atomic mass is 35.5. The highest BCUT2D eigenvalue weighted by Gasteiger charge is 2.09. The molecule has 0 unspecified atom stereocenters. The lowest BCUT2D eigenvalue weighted by Crippen LogP contribution is -2.10. The average Bonchev–Trinajstić information content (AvgIpc) is 2.20. The molecule has 2 rings (SSSR count). The van der Waals surface area contributed by atoms with Crippen molar-refractivity contribution in [1.82, 2.24) is 4.98 Å². The van der Waals surface area contributed by atoms with Crippen LogP contribution >= 0.6 is 11.6 Å². The second-order valence-corrected chi connectivity index (χ2v) is 3.64. The molecule has 1 aromatic heterocycles. The monoisotopic (exact) mass is 218 g/mol. The van der Waals surface area contributed by atoms with E-state index in [0.717, 1.165) is 0 Å². The SMILES string of the molecule is Cc1[nH]c2c(Cl)cccc2c(=O)c1C#N. The minimum atomic E-state index is -0.272. The molecule has 1 N–H and O–H groups in total. The largest absolute Gasteiger partial charge is 0.356 e. The van der Waals surface area contributed by atoms with Gasteiger partial charge in [0.25, 0.3) is 0 Å². The fraction of sp³-hybridized carbons (Fsp3) is 0.0909. The first kappa shape index (κ1) is 9.75. The molecule has 0 saturated carbocycles. The van der Waals surface area contributed by atoms with Crippen molar-refractivity contribution in [3.8, 4) is 6.07 Å². The number of fused-ring (bicyclic) bond motifs is 1. The Hall–Kier alpha value is -1.79. The number of nitriles is 1. The van der Waals surface area contributed by atoms with Crippen LogP contribution in [0.5, 0.6) is 0 Å². The van der Waals surface area contributed by atoms with Crippen molar-refractivity contribution >= 4 is 22.5 Å². The molecule has 1 aromatic carbocycles. The Balaban J connectivity index is 3.06. The van der Waals surface area contributed by atoms with Crippen LogP contribution in [-0.2, 0) is 0 Å². The maximum Gasteiger partial charge on any atom is 0.207 e. The van der Waals surface area contributed by atoms with Crippen molar-refractivity contribution in [3.63, 3.8) is 0 Å². The van der Waals surface area contributed by atoms with Crippen LogP contribution in [0.1, 0.15) is 11.3 Å². The zero-order valence-corrected chi connectivity index (χ0v) is 8.72. The molecule has 3 nitrogen and oxygen atoms in total. The van der Waals surface area contributed by atoms with Gasteiger partial charge in [0.05, 0.1) is 10.5 Å². The first-order valence-corrected chi connectivity index (χ1v) is 4.74. The van der Waals surface area contributed by atoms with Crippen LogP contribution in [0, 0.1) is 18.3 Å². The van der Waals surface area contributed by atoms with Gasteiger partial charge in [0, 0.05) is 11.1 Å². The number of para-hydroxylation sites is 1. The van der Waals surface area contributed by atoms with E-state index in [-0.39, 0.29) is 11.0 Å². The third kappa shape index (κ3) is 1.39. The van der Waals surface area contributed by atoms with Gasteiger partial charge >= 0.3 is 0 Å². The lowest BCUT2D eigenvalue weighted by Gasteiger charge is -2.03. The number of H-pyrrole nitrogens is 1. The highest BCUT2D eigenvalue weighted by Crippen LogP contribution is 2.19. The third-order valence-corrected chi connectivity index (χ3v) is 2.60. The summed E-state index contributed by atoms with van der Waals surface area (Å²) in [5.74, 6) is 0. The van der Waals surface area contributed by atoms with Gasteiger partial charge in [0.15, 0.2) is 0 Å². The lowest BCUT2D eigenvalue weighted by molar-refractivity contribution is 1.21. The minimum absolute atomic E-state index is 0.143. The Morgan fingerprint density at radius 1 is 1.47 bits per heavy atom. The smallest absolute Gasteiger partial charge is 0.207 e. The van der Waals surface area contributed by atoms with Gasteiger partial charge in [-0.05, 0) is 19.1 Å². The molecular formula is C11H7ClN2O. The quantitative estimate of drug-likeness (QED) is 0.738. The maximum atomic E-state index is 11.8. The zero-order valence-electron chi connectivity index (χ0n) is 7.97. The number of nitrogens with one attached hydrogen (secondary N) is 1. The predicted octanol–water partition coefficient (Wildman–Crippen LogP) is 2.36. The summed E-state index contributed by atoms with van der Waals surface area (Å²) in [6.45, 7) is 1.68. The van der Waals surface area contributed by atoms with Crippen molar-refractivity contribution in [2.24, 2.45) is 0 Å². The Bertz CT molecular complexity index is 637. The van der Waals surface area contributed by atoms with Gasteiger partial charge in [-0.2, -0.15) is 5.26 Å². The minimum Gasteiger partial charge on any atom is -0.356 e. The van der Waals surface area contributed by atoms with Crippen molar-refractivity contribution in [1.29, 1.82) is 5.26 Å². The molecule has 0 amide bonds. The van der Waals surface area contributed by atoms with E-state index in [9.17, 15) is 4.79 Å². The van der Waals surface area contributed by atoms with Crippen LogP contribution in [0.2, 0.25) is 5.02 Å². The normalized spacial score (nSPS) is 10.2. The number of aromatic nitrogens is 1. The van der Waals surface area contributed by atoms with E-state index in [2.05, 4.69) is 4.98 Å². The van der Waals surface area contributed by atoms with Crippen LogP contribution in [0.4, 0.5) is 0 Å². The standard InChI is InChI=1S/C11H7ClN2O/c1-6-8(5-13)11(15)7-3-2-4-9(12)10(7)14-6/h2-4H,1H3,(H,14,15).